The van der Waals surface area contributed by atoms with E-state index in [0.29, 0.717) is 23.5 Å². The summed E-state index contributed by atoms with van der Waals surface area (Å²) in [5, 5.41) is 13.2. The minimum absolute atomic E-state index is 0.226. The molecular formula is C23H29N3O2. The molecule has 0 saturated carbocycles. The van der Waals surface area contributed by atoms with E-state index in [-0.39, 0.29) is 5.56 Å². The zero-order valence-electron chi connectivity index (χ0n) is 16.3. The molecule has 5 nitrogen and oxygen atoms in total. The molecule has 2 atom stereocenters. The normalized spacial score (nSPS) is 25.4. The highest BCUT2D eigenvalue weighted by Crippen LogP contribution is 2.32. The lowest BCUT2D eigenvalue weighted by atomic mass is 9.84. The van der Waals surface area contributed by atoms with Crippen molar-refractivity contribution < 1.29 is 5.11 Å². The Kier molecular flexibility index (Phi) is 4.73. The van der Waals surface area contributed by atoms with Crippen molar-refractivity contribution in [3.63, 3.8) is 0 Å². The summed E-state index contributed by atoms with van der Waals surface area (Å²) in [5.74, 6) is 1.94. The molecule has 3 aliphatic rings. The maximum atomic E-state index is 13.1. The lowest BCUT2D eigenvalue weighted by molar-refractivity contribution is 0.202. The highest BCUT2D eigenvalue weighted by molar-refractivity contribution is 5.30. The van der Waals surface area contributed by atoms with Gasteiger partial charge in [-0.2, -0.15) is 0 Å². The predicted octanol–water partition coefficient (Wildman–Crippen LogP) is 2.64. The van der Waals surface area contributed by atoms with Crippen molar-refractivity contribution in [2.45, 2.75) is 44.2 Å². The van der Waals surface area contributed by atoms with Gasteiger partial charge in [0.05, 0.1) is 0 Å². The zero-order valence-corrected chi connectivity index (χ0v) is 16.3. The maximum absolute atomic E-state index is 13.1. The van der Waals surface area contributed by atoms with Gasteiger partial charge in [-0.3, -0.25) is 9.69 Å². The SMILES string of the molecule is O=c1c(CN2CCC(c3cccc(O)c3)CC2)ccc2n1C[C@@H]1CNC[C@H]2C1. The van der Waals surface area contributed by atoms with Crippen LogP contribution in [0.1, 0.15) is 47.9 Å². The number of nitrogens with zero attached hydrogens (tertiary/aromatic N) is 2. The molecule has 1 aromatic carbocycles. The molecule has 0 radical (unpaired) electrons. The Labute approximate surface area is 166 Å². The summed E-state index contributed by atoms with van der Waals surface area (Å²) in [6.45, 7) is 5.64. The summed E-state index contributed by atoms with van der Waals surface area (Å²) in [4.78, 5) is 15.5. The molecule has 2 N–H and O–H groups in total. The second-order valence-corrected chi connectivity index (χ2v) is 8.80. The van der Waals surface area contributed by atoms with E-state index in [1.54, 1.807) is 6.07 Å². The van der Waals surface area contributed by atoms with Crippen LogP contribution in [0.4, 0.5) is 0 Å². The number of fused-ring (bicyclic) bond motifs is 4. The van der Waals surface area contributed by atoms with Crippen molar-refractivity contribution in [1.29, 1.82) is 0 Å². The van der Waals surface area contributed by atoms with Crippen LogP contribution in [0, 0.1) is 5.92 Å². The van der Waals surface area contributed by atoms with Crippen LogP contribution in [-0.4, -0.2) is 40.8 Å². The van der Waals surface area contributed by atoms with Gasteiger partial charge in [0.2, 0.25) is 0 Å². The number of phenols is 1. The molecule has 2 fully saturated rings. The number of aromatic hydroxyl groups is 1. The van der Waals surface area contributed by atoms with Crippen LogP contribution in [0.15, 0.2) is 41.2 Å². The van der Waals surface area contributed by atoms with Crippen LogP contribution in [0.2, 0.25) is 0 Å². The van der Waals surface area contributed by atoms with Crippen LogP contribution >= 0.6 is 0 Å². The van der Waals surface area contributed by atoms with E-state index in [4.69, 9.17) is 0 Å². The molecule has 0 spiro atoms. The van der Waals surface area contributed by atoms with Gasteiger partial charge in [0, 0.05) is 36.8 Å². The standard InChI is InChI=1S/C23H29N3O2/c27-21-3-1-2-18(11-21)17-6-8-25(9-7-17)15-19-4-5-22-20-10-16(12-24-13-20)14-26(22)23(19)28/h1-5,11,16-17,20,24,27H,6-10,12-15H2/t16-,20+/m0/s1. The molecule has 0 amide bonds. The quantitative estimate of drug-likeness (QED) is 0.861. The number of piperidine rings is 2. The first-order valence-corrected chi connectivity index (χ1v) is 10.6. The number of likely N-dealkylation sites (tertiary alicyclic amines) is 1. The summed E-state index contributed by atoms with van der Waals surface area (Å²) in [7, 11) is 0. The van der Waals surface area contributed by atoms with Crippen LogP contribution in [-0.2, 0) is 13.1 Å². The first-order valence-electron chi connectivity index (χ1n) is 10.6. The van der Waals surface area contributed by atoms with Gasteiger partial charge in [-0.15, -0.1) is 0 Å². The number of pyridine rings is 1. The van der Waals surface area contributed by atoms with Crippen LogP contribution in [0.5, 0.6) is 5.75 Å². The number of rotatable bonds is 3. The van der Waals surface area contributed by atoms with Crippen molar-refractivity contribution in [3.8, 4) is 5.75 Å². The maximum Gasteiger partial charge on any atom is 0.255 e. The molecular weight excluding hydrogens is 350 g/mol. The molecule has 0 unspecified atom stereocenters. The van der Waals surface area contributed by atoms with Crippen molar-refractivity contribution >= 4 is 0 Å². The molecule has 2 aromatic rings. The molecule has 1 aromatic heterocycles. The van der Waals surface area contributed by atoms with Gasteiger partial charge in [0.25, 0.3) is 5.56 Å². The summed E-state index contributed by atoms with van der Waals surface area (Å²) in [6, 6.07) is 11.9. The first-order chi connectivity index (χ1) is 13.7. The van der Waals surface area contributed by atoms with E-state index in [1.807, 2.05) is 12.1 Å². The lowest BCUT2D eigenvalue weighted by Gasteiger charge is -2.38. The minimum Gasteiger partial charge on any atom is -0.508 e. The van der Waals surface area contributed by atoms with E-state index >= 15 is 0 Å². The highest BCUT2D eigenvalue weighted by atomic mass is 16.3. The van der Waals surface area contributed by atoms with E-state index in [9.17, 15) is 9.90 Å². The number of hydrogen-bond donors (Lipinski definition) is 2. The van der Waals surface area contributed by atoms with Crippen molar-refractivity contribution in [2.24, 2.45) is 5.92 Å². The Morgan fingerprint density at radius 2 is 1.93 bits per heavy atom. The average molecular weight is 380 g/mol. The largest absolute Gasteiger partial charge is 0.508 e. The second-order valence-electron chi connectivity index (χ2n) is 8.80. The molecule has 5 rings (SSSR count). The summed E-state index contributed by atoms with van der Waals surface area (Å²) >= 11 is 0. The van der Waals surface area contributed by atoms with Crippen molar-refractivity contribution in [2.75, 3.05) is 26.2 Å². The third-order valence-electron chi connectivity index (χ3n) is 6.91. The number of hydrogen-bond acceptors (Lipinski definition) is 4. The molecule has 2 bridgehead atoms. The van der Waals surface area contributed by atoms with Gasteiger partial charge in [-0.1, -0.05) is 18.2 Å². The van der Waals surface area contributed by atoms with E-state index in [0.717, 1.165) is 57.7 Å². The third-order valence-corrected chi connectivity index (χ3v) is 6.91. The van der Waals surface area contributed by atoms with Crippen molar-refractivity contribution in [1.82, 2.24) is 14.8 Å². The lowest BCUT2D eigenvalue weighted by Crippen LogP contribution is -2.45. The Morgan fingerprint density at radius 3 is 2.75 bits per heavy atom. The van der Waals surface area contributed by atoms with Gasteiger partial charge in [-0.25, -0.2) is 0 Å². The fourth-order valence-corrected chi connectivity index (χ4v) is 5.40. The average Bonchev–Trinajstić information content (AvgIpc) is 2.71. The van der Waals surface area contributed by atoms with E-state index in [1.165, 1.54) is 17.7 Å². The monoisotopic (exact) mass is 379 g/mol. The third kappa shape index (κ3) is 3.38. The molecule has 5 heteroatoms. The molecule has 3 aliphatic heterocycles. The molecule has 2 saturated heterocycles. The van der Waals surface area contributed by atoms with Crippen LogP contribution < -0.4 is 10.9 Å². The van der Waals surface area contributed by atoms with Gasteiger partial charge in [0.1, 0.15) is 5.75 Å². The number of phenolic OH excluding ortho intramolecular Hbond substituents is 1. The first kappa shape index (κ1) is 18.0. The summed E-state index contributed by atoms with van der Waals surface area (Å²) < 4.78 is 2.06. The van der Waals surface area contributed by atoms with Crippen molar-refractivity contribution in [3.05, 3.63) is 63.6 Å². The molecule has 4 heterocycles. The van der Waals surface area contributed by atoms with Gasteiger partial charge >= 0.3 is 0 Å². The summed E-state index contributed by atoms with van der Waals surface area (Å²) in [5.41, 5.74) is 3.62. The van der Waals surface area contributed by atoms with Gasteiger partial charge < -0.3 is 15.0 Å². The van der Waals surface area contributed by atoms with Crippen LogP contribution in [0.25, 0.3) is 0 Å². The smallest absolute Gasteiger partial charge is 0.255 e. The topological polar surface area (TPSA) is 57.5 Å². The Hall–Kier alpha value is -2.11. The Balaban J connectivity index is 1.28. The highest BCUT2D eigenvalue weighted by Gasteiger charge is 2.31. The number of aromatic nitrogens is 1. The van der Waals surface area contributed by atoms with Crippen LogP contribution in [0.3, 0.4) is 0 Å². The van der Waals surface area contributed by atoms with Gasteiger partial charge in [-0.05, 0) is 74.5 Å². The van der Waals surface area contributed by atoms with E-state index < -0.39 is 0 Å². The number of benzene rings is 1. The fourth-order valence-electron chi connectivity index (χ4n) is 5.40. The van der Waals surface area contributed by atoms with E-state index in [2.05, 4.69) is 33.0 Å². The minimum atomic E-state index is 0.226. The Morgan fingerprint density at radius 1 is 1.07 bits per heavy atom. The second kappa shape index (κ2) is 7.37. The predicted molar refractivity (Wildman–Crippen MR) is 110 cm³/mol. The number of nitrogens with one attached hydrogen (secondary N) is 1. The zero-order chi connectivity index (χ0) is 19.1. The molecule has 28 heavy (non-hydrogen) atoms. The molecule has 148 valence electrons. The molecule has 0 aliphatic carbocycles. The summed E-state index contributed by atoms with van der Waals surface area (Å²) in [6.07, 6.45) is 3.37. The fraction of sp³-hybridized carbons (Fsp3) is 0.522. The Bertz CT molecular complexity index is 914. The van der Waals surface area contributed by atoms with Gasteiger partial charge in [0.15, 0.2) is 0 Å².